The third-order valence-corrected chi connectivity index (χ3v) is 4.85. The molecular formula is C18H23F3N6O. The van der Waals surface area contributed by atoms with Crippen molar-refractivity contribution in [3.05, 3.63) is 36.2 Å². The second-order valence-corrected chi connectivity index (χ2v) is 7.12. The fraction of sp³-hybridized carbons (Fsp3) is 0.556. The summed E-state index contributed by atoms with van der Waals surface area (Å²) in [6, 6.07) is -0.208. The van der Waals surface area contributed by atoms with Crippen molar-refractivity contribution in [1.29, 1.82) is 0 Å². The van der Waals surface area contributed by atoms with Gasteiger partial charge in [0.2, 0.25) is 5.95 Å². The normalized spacial score (nSPS) is 21.3. The van der Waals surface area contributed by atoms with Crippen molar-refractivity contribution in [2.75, 3.05) is 0 Å². The minimum Gasteiger partial charge on any atom is -0.348 e. The zero-order chi connectivity index (χ0) is 20.3. The summed E-state index contributed by atoms with van der Waals surface area (Å²) >= 11 is 0. The van der Waals surface area contributed by atoms with Gasteiger partial charge in [0.05, 0.1) is 0 Å². The SMILES string of the molecule is Cc1cc(C(=O)NC2CCC(N[C@H](C)C(F)(F)F)CC2)nc(-n2ccnc2)n1. The van der Waals surface area contributed by atoms with E-state index in [0.717, 1.165) is 6.92 Å². The van der Waals surface area contributed by atoms with Crippen molar-refractivity contribution >= 4 is 5.91 Å². The highest BCUT2D eigenvalue weighted by atomic mass is 19.4. The minimum atomic E-state index is -4.25. The van der Waals surface area contributed by atoms with Crippen molar-refractivity contribution in [2.24, 2.45) is 0 Å². The van der Waals surface area contributed by atoms with E-state index in [2.05, 4.69) is 25.6 Å². The molecule has 1 amide bonds. The number of nitrogens with one attached hydrogen (secondary N) is 2. The van der Waals surface area contributed by atoms with Crippen molar-refractivity contribution in [3.8, 4) is 5.95 Å². The highest BCUT2D eigenvalue weighted by Gasteiger charge is 2.37. The summed E-state index contributed by atoms with van der Waals surface area (Å²) in [6.45, 7) is 2.90. The van der Waals surface area contributed by atoms with E-state index in [-0.39, 0.29) is 23.7 Å². The van der Waals surface area contributed by atoms with Crippen LogP contribution in [0.2, 0.25) is 0 Å². The number of imidazole rings is 1. The summed E-state index contributed by atoms with van der Waals surface area (Å²) in [5, 5.41) is 5.56. The third kappa shape index (κ3) is 5.06. The van der Waals surface area contributed by atoms with Crippen LogP contribution in [-0.2, 0) is 0 Å². The van der Waals surface area contributed by atoms with Gasteiger partial charge >= 0.3 is 6.18 Å². The number of halogens is 3. The van der Waals surface area contributed by atoms with Crippen molar-refractivity contribution in [3.63, 3.8) is 0 Å². The first-order valence-electron chi connectivity index (χ1n) is 9.20. The topological polar surface area (TPSA) is 84.7 Å². The Bertz CT molecular complexity index is 800. The fourth-order valence-corrected chi connectivity index (χ4v) is 3.27. The molecule has 2 aromatic rings. The first-order valence-corrected chi connectivity index (χ1v) is 9.20. The molecule has 2 heterocycles. The van der Waals surface area contributed by atoms with Crippen LogP contribution < -0.4 is 10.6 Å². The standard InChI is InChI=1S/C18H23F3N6O/c1-11-9-15(26-17(23-11)27-8-7-22-10-27)16(28)25-14-5-3-13(4-6-14)24-12(2)18(19,20)21/h7-10,12-14,24H,3-6H2,1-2H3,(H,25,28)/t12-,13?,14?/m1/s1. The summed E-state index contributed by atoms with van der Waals surface area (Å²) in [6.07, 6.45) is 2.97. The molecule has 0 unspecified atom stereocenters. The number of aromatic nitrogens is 4. The van der Waals surface area contributed by atoms with Gasteiger partial charge in [-0.25, -0.2) is 15.0 Å². The third-order valence-electron chi connectivity index (χ3n) is 4.85. The Kier molecular flexibility index (Phi) is 5.97. The van der Waals surface area contributed by atoms with Crippen LogP contribution in [0.4, 0.5) is 13.2 Å². The molecule has 0 spiro atoms. The first-order chi connectivity index (χ1) is 13.2. The second-order valence-electron chi connectivity index (χ2n) is 7.12. The van der Waals surface area contributed by atoms with Gasteiger partial charge in [0.25, 0.3) is 5.91 Å². The van der Waals surface area contributed by atoms with Gasteiger partial charge in [0, 0.05) is 30.2 Å². The molecule has 1 aliphatic carbocycles. The number of aryl methyl sites for hydroxylation is 1. The Morgan fingerprint density at radius 2 is 1.89 bits per heavy atom. The van der Waals surface area contributed by atoms with Crippen LogP contribution >= 0.6 is 0 Å². The predicted octanol–water partition coefficient (Wildman–Crippen LogP) is 2.55. The summed E-state index contributed by atoms with van der Waals surface area (Å²) in [5.74, 6) is 0.0450. The number of hydrogen-bond acceptors (Lipinski definition) is 5. The molecule has 0 aromatic carbocycles. The largest absolute Gasteiger partial charge is 0.403 e. The van der Waals surface area contributed by atoms with E-state index in [1.54, 1.807) is 36.3 Å². The maximum absolute atomic E-state index is 12.7. The van der Waals surface area contributed by atoms with Crippen molar-refractivity contribution < 1.29 is 18.0 Å². The van der Waals surface area contributed by atoms with E-state index < -0.39 is 12.2 Å². The highest BCUT2D eigenvalue weighted by molar-refractivity contribution is 5.92. The zero-order valence-corrected chi connectivity index (χ0v) is 15.7. The number of alkyl halides is 3. The molecule has 1 atom stereocenters. The van der Waals surface area contributed by atoms with Gasteiger partial charge in [-0.05, 0) is 45.6 Å². The summed E-state index contributed by atoms with van der Waals surface area (Å²) in [7, 11) is 0. The minimum absolute atomic E-state index is 0.0845. The molecular weight excluding hydrogens is 373 g/mol. The van der Waals surface area contributed by atoms with E-state index in [9.17, 15) is 18.0 Å². The lowest BCUT2D eigenvalue weighted by molar-refractivity contribution is -0.153. The molecule has 10 heteroatoms. The Hall–Kier alpha value is -2.49. The summed E-state index contributed by atoms with van der Waals surface area (Å²) in [4.78, 5) is 25.1. The molecule has 3 rings (SSSR count). The zero-order valence-electron chi connectivity index (χ0n) is 15.7. The molecule has 7 nitrogen and oxygen atoms in total. The van der Waals surface area contributed by atoms with E-state index in [1.807, 2.05) is 0 Å². The molecule has 0 radical (unpaired) electrons. The van der Waals surface area contributed by atoms with E-state index in [1.165, 1.54) is 0 Å². The number of amides is 1. The van der Waals surface area contributed by atoms with Crippen LogP contribution in [0.25, 0.3) is 5.95 Å². The lowest BCUT2D eigenvalue weighted by Gasteiger charge is -2.32. The van der Waals surface area contributed by atoms with Gasteiger partial charge in [-0.15, -0.1) is 0 Å². The average molecular weight is 396 g/mol. The maximum atomic E-state index is 12.7. The van der Waals surface area contributed by atoms with Gasteiger partial charge in [-0.2, -0.15) is 13.2 Å². The lowest BCUT2D eigenvalue weighted by atomic mass is 9.90. The molecule has 0 bridgehead atoms. The van der Waals surface area contributed by atoms with Crippen molar-refractivity contribution in [2.45, 2.75) is 63.8 Å². The number of carbonyl (C=O) groups is 1. The number of nitrogens with zero attached hydrogens (tertiary/aromatic N) is 4. The smallest absolute Gasteiger partial charge is 0.348 e. The monoisotopic (exact) mass is 396 g/mol. The quantitative estimate of drug-likeness (QED) is 0.812. The van der Waals surface area contributed by atoms with E-state index in [0.29, 0.717) is 37.3 Å². The molecule has 28 heavy (non-hydrogen) atoms. The Morgan fingerprint density at radius 1 is 1.21 bits per heavy atom. The second kappa shape index (κ2) is 8.26. The first kappa shape index (κ1) is 20.2. The Balaban J connectivity index is 1.56. The Labute approximate surface area is 160 Å². The maximum Gasteiger partial charge on any atom is 0.403 e. The molecule has 152 valence electrons. The number of rotatable bonds is 5. The van der Waals surface area contributed by atoms with Crippen LogP contribution in [0.15, 0.2) is 24.8 Å². The molecule has 0 saturated heterocycles. The lowest BCUT2D eigenvalue weighted by Crippen LogP contribution is -2.48. The molecule has 1 fully saturated rings. The van der Waals surface area contributed by atoms with Crippen LogP contribution in [0.5, 0.6) is 0 Å². The number of hydrogen-bond donors (Lipinski definition) is 2. The van der Waals surface area contributed by atoms with Crippen LogP contribution in [0.3, 0.4) is 0 Å². The highest BCUT2D eigenvalue weighted by Crippen LogP contribution is 2.24. The van der Waals surface area contributed by atoms with Gasteiger partial charge in [-0.1, -0.05) is 0 Å². The van der Waals surface area contributed by atoms with E-state index >= 15 is 0 Å². The molecule has 2 aromatic heterocycles. The van der Waals surface area contributed by atoms with Crippen LogP contribution in [0, 0.1) is 6.92 Å². The van der Waals surface area contributed by atoms with Crippen molar-refractivity contribution in [1.82, 2.24) is 30.2 Å². The van der Waals surface area contributed by atoms with Gasteiger partial charge in [0.1, 0.15) is 18.1 Å². The molecule has 0 aliphatic heterocycles. The van der Waals surface area contributed by atoms with Gasteiger partial charge in [0.15, 0.2) is 0 Å². The molecule has 1 saturated carbocycles. The van der Waals surface area contributed by atoms with Gasteiger partial charge < -0.3 is 10.6 Å². The molecule has 2 N–H and O–H groups in total. The summed E-state index contributed by atoms with van der Waals surface area (Å²) in [5.41, 5.74) is 0.903. The predicted molar refractivity (Wildman–Crippen MR) is 96.1 cm³/mol. The van der Waals surface area contributed by atoms with E-state index in [4.69, 9.17) is 0 Å². The van der Waals surface area contributed by atoms with Crippen LogP contribution in [0.1, 0.15) is 48.8 Å². The average Bonchev–Trinajstić information content (AvgIpc) is 3.16. The Morgan fingerprint density at radius 3 is 2.50 bits per heavy atom. The summed E-state index contributed by atoms with van der Waals surface area (Å²) < 4.78 is 39.6. The number of carbonyl (C=O) groups excluding carboxylic acids is 1. The van der Waals surface area contributed by atoms with Crippen LogP contribution in [-0.4, -0.2) is 49.7 Å². The van der Waals surface area contributed by atoms with Gasteiger partial charge in [-0.3, -0.25) is 9.36 Å². The fourth-order valence-electron chi connectivity index (χ4n) is 3.27. The molecule has 1 aliphatic rings.